The van der Waals surface area contributed by atoms with Crippen LogP contribution in [0.3, 0.4) is 0 Å². The van der Waals surface area contributed by atoms with Gasteiger partial charge in [-0.3, -0.25) is 4.79 Å². The smallest absolute Gasteiger partial charge is 0.229 e. The number of aromatic nitrogens is 1. The lowest BCUT2D eigenvalue weighted by Gasteiger charge is -2.06. The molecule has 0 unspecified atom stereocenters. The minimum Gasteiger partial charge on any atom is -0.341 e. The molecule has 1 aromatic heterocycles. The first-order valence-corrected chi connectivity index (χ1v) is 6.90. The lowest BCUT2D eigenvalue weighted by atomic mass is 10.2. The standard InChI is InChI=1S/C13H10FN3OS2/c1-7-11(20-13(19)16-7)5-12(18)17-10-3-2-9(14)4-8(10)6-15/h2-4H,5H2,1H3,(H,16,19)(H,17,18). The molecule has 0 atom stereocenters. The number of nitrogens with one attached hydrogen (secondary N) is 2. The van der Waals surface area contributed by atoms with Gasteiger partial charge in [0.05, 0.1) is 17.7 Å². The average Bonchev–Trinajstić information content (AvgIpc) is 2.70. The molecular formula is C13H10FN3OS2. The molecule has 20 heavy (non-hydrogen) atoms. The molecule has 2 N–H and O–H groups in total. The summed E-state index contributed by atoms with van der Waals surface area (Å²) in [6.07, 6.45) is 0.159. The van der Waals surface area contributed by atoms with Crippen molar-refractivity contribution in [2.24, 2.45) is 0 Å². The average molecular weight is 307 g/mol. The van der Waals surface area contributed by atoms with Crippen molar-refractivity contribution in [2.75, 3.05) is 5.32 Å². The predicted molar refractivity (Wildman–Crippen MR) is 77.7 cm³/mol. The normalized spacial score (nSPS) is 10.1. The molecule has 7 heteroatoms. The van der Waals surface area contributed by atoms with Crippen LogP contribution in [0.1, 0.15) is 16.1 Å². The lowest BCUT2D eigenvalue weighted by molar-refractivity contribution is -0.115. The van der Waals surface area contributed by atoms with Gasteiger partial charge in [-0.2, -0.15) is 5.26 Å². The van der Waals surface area contributed by atoms with Gasteiger partial charge in [0.2, 0.25) is 5.91 Å². The number of amides is 1. The molecular weight excluding hydrogens is 297 g/mol. The Morgan fingerprint density at radius 1 is 1.60 bits per heavy atom. The highest BCUT2D eigenvalue weighted by Crippen LogP contribution is 2.18. The van der Waals surface area contributed by atoms with Crippen molar-refractivity contribution in [3.8, 4) is 6.07 Å². The van der Waals surface area contributed by atoms with Gasteiger partial charge in [0.15, 0.2) is 3.95 Å². The second-order valence-corrected chi connectivity index (χ2v) is 5.86. The van der Waals surface area contributed by atoms with Crippen molar-refractivity contribution in [3.63, 3.8) is 0 Å². The summed E-state index contributed by atoms with van der Waals surface area (Å²) in [5, 5.41) is 11.5. The Balaban J connectivity index is 2.15. The highest BCUT2D eigenvalue weighted by atomic mass is 32.1. The van der Waals surface area contributed by atoms with Crippen molar-refractivity contribution >= 4 is 35.1 Å². The summed E-state index contributed by atoms with van der Waals surface area (Å²) in [5.41, 5.74) is 1.25. The molecule has 0 saturated heterocycles. The summed E-state index contributed by atoms with van der Waals surface area (Å²) in [5.74, 6) is -0.791. The van der Waals surface area contributed by atoms with E-state index in [0.717, 1.165) is 16.6 Å². The van der Waals surface area contributed by atoms with E-state index in [-0.39, 0.29) is 17.9 Å². The van der Waals surface area contributed by atoms with E-state index in [0.29, 0.717) is 9.64 Å². The zero-order valence-corrected chi connectivity index (χ0v) is 12.1. The molecule has 1 amide bonds. The quantitative estimate of drug-likeness (QED) is 0.855. The van der Waals surface area contributed by atoms with Crippen LogP contribution in [0.2, 0.25) is 0 Å². The second-order valence-electron chi connectivity index (χ2n) is 4.09. The molecule has 0 aliphatic heterocycles. The number of aromatic amines is 1. The van der Waals surface area contributed by atoms with Gasteiger partial charge in [0.1, 0.15) is 11.9 Å². The Morgan fingerprint density at radius 3 is 2.95 bits per heavy atom. The Hall–Kier alpha value is -2.04. The number of thiazole rings is 1. The van der Waals surface area contributed by atoms with E-state index in [1.54, 1.807) is 0 Å². The Morgan fingerprint density at radius 2 is 2.35 bits per heavy atom. The van der Waals surface area contributed by atoms with Crippen LogP contribution < -0.4 is 5.32 Å². The number of hydrogen-bond acceptors (Lipinski definition) is 4. The van der Waals surface area contributed by atoms with Crippen LogP contribution in [0.15, 0.2) is 18.2 Å². The number of nitrogens with zero attached hydrogens (tertiary/aromatic N) is 1. The molecule has 4 nitrogen and oxygen atoms in total. The van der Waals surface area contributed by atoms with Crippen LogP contribution >= 0.6 is 23.6 Å². The maximum atomic E-state index is 13.0. The molecule has 0 aliphatic rings. The summed E-state index contributed by atoms with van der Waals surface area (Å²) in [6, 6.07) is 5.50. The number of carbonyl (C=O) groups is 1. The minimum absolute atomic E-state index is 0.0942. The molecule has 1 aromatic carbocycles. The topological polar surface area (TPSA) is 68.7 Å². The number of halogens is 1. The fourth-order valence-corrected chi connectivity index (χ4v) is 2.95. The Kier molecular flexibility index (Phi) is 4.27. The lowest BCUT2D eigenvalue weighted by Crippen LogP contribution is -2.15. The molecule has 0 bridgehead atoms. The van der Waals surface area contributed by atoms with E-state index < -0.39 is 5.82 Å². The van der Waals surface area contributed by atoms with Crippen molar-refractivity contribution in [1.29, 1.82) is 5.26 Å². The monoisotopic (exact) mass is 307 g/mol. The van der Waals surface area contributed by atoms with E-state index in [2.05, 4.69) is 10.3 Å². The van der Waals surface area contributed by atoms with Gasteiger partial charge < -0.3 is 10.3 Å². The van der Waals surface area contributed by atoms with Gasteiger partial charge in [-0.15, -0.1) is 11.3 Å². The van der Waals surface area contributed by atoms with Crippen LogP contribution in [-0.2, 0) is 11.2 Å². The van der Waals surface area contributed by atoms with Gasteiger partial charge in [-0.05, 0) is 37.3 Å². The second kappa shape index (κ2) is 5.94. The number of nitriles is 1. The molecule has 102 valence electrons. The molecule has 0 saturated carbocycles. The van der Waals surface area contributed by atoms with Gasteiger partial charge >= 0.3 is 0 Å². The minimum atomic E-state index is -0.515. The molecule has 1 heterocycles. The number of aryl methyl sites for hydroxylation is 1. The van der Waals surface area contributed by atoms with E-state index >= 15 is 0 Å². The Labute approximate surface area is 123 Å². The highest BCUT2D eigenvalue weighted by Gasteiger charge is 2.11. The van der Waals surface area contributed by atoms with Crippen molar-refractivity contribution in [1.82, 2.24) is 4.98 Å². The zero-order chi connectivity index (χ0) is 14.7. The van der Waals surface area contributed by atoms with Gasteiger partial charge in [0, 0.05) is 10.6 Å². The maximum absolute atomic E-state index is 13.0. The summed E-state index contributed by atoms with van der Waals surface area (Å²) >= 11 is 6.34. The van der Waals surface area contributed by atoms with Crippen molar-refractivity contribution in [2.45, 2.75) is 13.3 Å². The molecule has 0 spiro atoms. The molecule has 0 radical (unpaired) electrons. The summed E-state index contributed by atoms with van der Waals surface area (Å²) in [6.45, 7) is 1.84. The number of benzene rings is 1. The molecule has 0 aliphatic carbocycles. The SMILES string of the molecule is Cc1[nH]c(=S)sc1CC(=O)Nc1ccc(F)cc1C#N. The molecule has 2 rings (SSSR count). The first-order valence-electron chi connectivity index (χ1n) is 5.67. The number of hydrogen-bond donors (Lipinski definition) is 2. The van der Waals surface area contributed by atoms with Gasteiger partial charge in [0.25, 0.3) is 0 Å². The first kappa shape index (κ1) is 14.4. The summed E-state index contributed by atoms with van der Waals surface area (Å²) in [7, 11) is 0. The van der Waals surface area contributed by atoms with E-state index in [9.17, 15) is 9.18 Å². The number of carbonyl (C=O) groups excluding carboxylic acids is 1. The van der Waals surface area contributed by atoms with E-state index in [1.807, 2.05) is 13.0 Å². The van der Waals surface area contributed by atoms with Crippen LogP contribution in [0.25, 0.3) is 0 Å². The fraction of sp³-hybridized carbons (Fsp3) is 0.154. The summed E-state index contributed by atoms with van der Waals surface area (Å²) < 4.78 is 13.6. The van der Waals surface area contributed by atoms with Crippen LogP contribution in [0.4, 0.5) is 10.1 Å². The summed E-state index contributed by atoms with van der Waals surface area (Å²) in [4.78, 5) is 15.7. The zero-order valence-electron chi connectivity index (χ0n) is 10.5. The fourth-order valence-electron chi connectivity index (χ4n) is 1.66. The van der Waals surface area contributed by atoms with Crippen LogP contribution in [0.5, 0.6) is 0 Å². The number of H-pyrrole nitrogens is 1. The number of anilines is 1. The van der Waals surface area contributed by atoms with E-state index in [1.165, 1.54) is 23.5 Å². The van der Waals surface area contributed by atoms with Crippen LogP contribution in [-0.4, -0.2) is 10.9 Å². The van der Waals surface area contributed by atoms with Gasteiger partial charge in [-0.1, -0.05) is 0 Å². The van der Waals surface area contributed by atoms with Crippen LogP contribution in [0, 0.1) is 28.0 Å². The third-order valence-electron chi connectivity index (χ3n) is 2.62. The molecule has 2 aromatic rings. The highest BCUT2D eigenvalue weighted by molar-refractivity contribution is 7.73. The largest absolute Gasteiger partial charge is 0.341 e. The maximum Gasteiger partial charge on any atom is 0.229 e. The predicted octanol–water partition coefficient (Wildman–Crippen LogP) is 3.31. The van der Waals surface area contributed by atoms with Crippen molar-refractivity contribution < 1.29 is 9.18 Å². The first-order chi connectivity index (χ1) is 9.49. The Bertz CT molecular complexity index is 758. The third-order valence-corrected chi connectivity index (χ3v) is 3.96. The number of rotatable bonds is 3. The van der Waals surface area contributed by atoms with Gasteiger partial charge in [-0.25, -0.2) is 4.39 Å². The third kappa shape index (κ3) is 3.29. The van der Waals surface area contributed by atoms with Crippen molar-refractivity contribution in [3.05, 3.63) is 44.1 Å². The molecule has 0 fully saturated rings. The van der Waals surface area contributed by atoms with E-state index in [4.69, 9.17) is 17.5 Å².